The molecule has 3 nitrogen and oxygen atoms in total. The molecule has 102 valence electrons. The lowest BCUT2D eigenvalue weighted by Crippen LogP contribution is -2.53. The average molecular weight is 255 g/mol. The normalized spacial score (nSPS) is 22.1. The van der Waals surface area contributed by atoms with Crippen molar-refractivity contribution in [2.45, 2.75) is 44.6 Å². The number of ether oxygens (including phenoxy) is 1. The Labute approximate surface area is 99.5 Å². The molecule has 0 atom stereocenters. The molecule has 0 amide bonds. The summed E-state index contributed by atoms with van der Waals surface area (Å²) in [4.78, 5) is 1.89. The molecule has 0 unspecified atom stereocenters. The van der Waals surface area contributed by atoms with E-state index in [9.17, 15) is 18.3 Å². The number of hydrogen-bond acceptors (Lipinski definition) is 3. The van der Waals surface area contributed by atoms with E-state index in [2.05, 4.69) is 0 Å². The SMILES string of the molecule is CC(C)OCCN1CCC(O)(C(F)(F)F)CC1. The summed E-state index contributed by atoms with van der Waals surface area (Å²) in [5, 5.41) is 9.46. The molecule has 0 saturated carbocycles. The molecule has 1 aliphatic rings. The van der Waals surface area contributed by atoms with Crippen LogP contribution in [0.15, 0.2) is 0 Å². The number of nitrogens with zero attached hydrogens (tertiary/aromatic N) is 1. The lowest BCUT2D eigenvalue weighted by Gasteiger charge is -2.39. The first kappa shape index (κ1) is 14.7. The maximum absolute atomic E-state index is 12.5. The van der Waals surface area contributed by atoms with Gasteiger partial charge in [-0.2, -0.15) is 13.2 Å². The molecule has 1 N–H and O–H groups in total. The minimum atomic E-state index is -4.52. The van der Waals surface area contributed by atoms with Gasteiger partial charge in [-0.1, -0.05) is 0 Å². The van der Waals surface area contributed by atoms with Crippen LogP contribution in [0, 0.1) is 0 Å². The predicted molar refractivity (Wildman–Crippen MR) is 57.8 cm³/mol. The molecule has 1 heterocycles. The van der Waals surface area contributed by atoms with Gasteiger partial charge in [0, 0.05) is 19.6 Å². The van der Waals surface area contributed by atoms with Crippen LogP contribution in [0.25, 0.3) is 0 Å². The quantitative estimate of drug-likeness (QED) is 0.831. The second kappa shape index (κ2) is 5.54. The van der Waals surface area contributed by atoms with Crippen LogP contribution >= 0.6 is 0 Å². The molecule has 0 bridgehead atoms. The topological polar surface area (TPSA) is 32.7 Å². The van der Waals surface area contributed by atoms with Crippen LogP contribution in [0.1, 0.15) is 26.7 Å². The molecular formula is C11H20F3NO2. The van der Waals surface area contributed by atoms with Crippen LogP contribution in [0.4, 0.5) is 13.2 Å². The van der Waals surface area contributed by atoms with E-state index < -0.39 is 11.8 Å². The van der Waals surface area contributed by atoms with E-state index in [4.69, 9.17) is 4.74 Å². The molecule has 1 aliphatic heterocycles. The molecule has 1 fully saturated rings. The monoisotopic (exact) mass is 255 g/mol. The smallest absolute Gasteiger partial charge is 0.380 e. The molecule has 0 spiro atoms. The van der Waals surface area contributed by atoms with Gasteiger partial charge in [0.05, 0.1) is 12.7 Å². The summed E-state index contributed by atoms with van der Waals surface area (Å²) in [6, 6.07) is 0. The van der Waals surface area contributed by atoms with Crippen LogP contribution in [-0.4, -0.2) is 54.1 Å². The van der Waals surface area contributed by atoms with Gasteiger partial charge in [0.25, 0.3) is 0 Å². The average Bonchev–Trinajstić information content (AvgIpc) is 2.19. The van der Waals surface area contributed by atoms with Crippen molar-refractivity contribution in [1.29, 1.82) is 0 Å². The molecule has 0 aliphatic carbocycles. The number of alkyl halides is 3. The summed E-state index contributed by atoms with van der Waals surface area (Å²) >= 11 is 0. The molecule has 1 saturated heterocycles. The zero-order chi connectivity index (χ0) is 13.1. The van der Waals surface area contributed by atoms with Gasteiger partial charge in [-0.15, -0.1) is 0 Å². The van der Waals surface area contributed by atoms with Crippen molar-refractivity contribution in [2.75, 3.05) is 26.2 Å². The van der Waals surface area contributed by atoms with E-state index in [1.165, 1.54) is 0 Å². The largest absolute Gasteiger partial charge is 0.417 e. The Kier molecular flexibility index (Phi) is 4.80. The Morgan fingerprint density at radius 3 is 2.24 bits per heavy atom. The minimum Gasteiger partial charge on any atom is -0.380 e. The van der Waals surface area contributed by atoms with E-state index >= 15 is 0 Å². The first-order chi connectivity index (χ1) is 7.74. The third kappa shape index (κ3) is 4.12. The molecule has 6 heteroatoms. The Hall–Kier alpha value is -0.330. The van der Waals surface area contributed by atoms with Gasteiger partial charge in [-0.25, -0.2) is 0 Å². The summed E-state index contributed by atoms with van der Waals surface area (Å²) in [6.07, 6.45) is -4.89. The molecule has 17 heavy (non-hydrogen) atoms. The fourth-order valence-corrected chi connectivity index (χ4v) is 1.85. The van der Waals surface area contributed by atoms with Crippen molar-refractivity contribution >= 4 is 0 Å². The molecule has 0 aromatic rings. The number of rotatable bonds is 4. The second-order valence-electron chi connectivity index (χ2n) is 4.79. The van der Waals surface area contributed by atoms with E-state index in [-0.39, 0.29) is 32.0 Å². The Morgan fingerprint density at radius 2 is 1.82 bits per heavy atom. The zero-order valence-corrected chi connectivity index (χ0v) is 10.3. The third-order valence-corrected chi connectivity index (χ3v) is 3.07. The summed E-state index contributed by atoms with van der Waals surface area (Å²) in [6.45, 7) is 5.49. The van der Waals surface area contributed by atoms with Crippen molar-refractivity contribution in [1.82, 2.24) is 4.90 Å². The zero-order valence-electron chi connectivity index (χ0n) is 10.3. The third-order valence-electron chi connectivity index (χ3n) is 3.07. The number of hydrogen-bond donors (Lipinski definition) is 1. The summed E-state index contributed by atoms with van der Waals surface area (Å²) in [5.41, 5.74) is -2.50. The number of aliphatic hydroxyl groups is 1. The summed E-state index contributed by atoms with van der Waals surface area (Å²) < 4.78 is 42.9. The molecule has 0 radical (unpaired) electrons. The van der Waals surface area contributed by atoms with Crippen molar-refractivity contribution in [2.24, 2.45) is 0 Å². The highest BCUT2D eigenvalue weighted by molar-refractivity contribution is 4.91. The van der Waals surface area contributed by atoms with Crippen LogP contribution in [-0.2, 0) is 4.74 Å². The Balaban J connectivity index is 2.31. The predicted octanol–water partition coefficient (Wildman–Crippen LogP) is 1.80. The van der Waals surface area contributed by atoms with Gasteiger partial charge in [-0.3, -0.25) is 0 Å². The lowest BCUT2D eigenvalue weighted by molar-refractivity contribution is -0.272. The van der Waals surface area contributed by atoms with Gasteiger partial charge >= 0.3 is 6.18 Å². The highest BCUT2D eigenvalue weighted by atomic mass is 19.4. The van der Waals surface area contributed by atoms with Crippen molar-refractivity contribution in [3.8, 4) is 0 Å². The maximum Gasteiger partial charge on any atom is 0.417 e. The maximum atomic E-state index is 12.5. The number of likely N-dealkylation sites (tertiary alicyclic amines) is 1. The second-order valence-corrected chi connectivity index (χ2v) is 4.79. The number of halogens is 3. The fourth-order valence-electron chi connectivity index (χ4n) is 1.85. The molecule has 1 rings (SSSR count). The lowest BCUT2D eigenvalue weighted by atomic mass is 9.91. The van der Waals surface area contributed by atoms with Gasteiger partial charge in [-0.05, 0) is 26.7 Å². The summed E-state index contributed by atoms with van der Waals surface area (Å²) in [7, 11) is 0. The Bertz CT molecular complexity index is 235. The van der Waals surface area contributed by atoms with E-state index in [0.29, 0.717) is 13.2 Å². The highest BCUT2D eigenvalue weighted by Gasteiger charge is 2.54. The van der Waals surface area contributed by atoms with E-state index in [1.54, 1.807) is 0 Å². The first-order valence-corrected chi connectivity index (χ1v) is 5.88. The van der Waals surface area contributed by atoms with Gasteiger partial charge in [0.2, 0.25) is 0 Å². The van der Waals surface area contributed by atoms with Crippen LogP contribution in [0.5, 0.6) is 0 Å². The van der Waals surface area contributed by atoms with Gasteiger partial charge in [0.15, 0.2) is 5.60 Å². The first-order valence-electron chi connectivity index (χ1n) is 5.88. The van der Waals surface area contributed by atoms with E-state index in [0.717, 1.165) is 0 Å². The van der Waals surface area contributed by atoms with Crippen molar-refractivity contribution < 1.29 is 23.0 Å². The standard InChI is InChI=1S/C11H20F3NO2/c1-9(2)17-8-7-15-5-3-10(16,4-6-15)11(12,13)14/h9,16H,3-8H2,1-2H3. The van der Waals surface area contributed by atoms with Crippen LogP contribution in [0.2, 0.25) is 0 Å². The van der Waals surface area contributed by atoms with E-state index in [1.807, 2.05) is 18.7 Å². The van der Waals surface area contributed by atoms with Crippen molar-refractivity contribution in [3.05, 3.63) is 0 Å². The molecule has 0 aromatic heterocycles. The van der Waals surface area contributed by atoms with Gasteiger partial charge < -0.3 is 14.7 Å². The van der Waals surface area contributed by atoms with Crippen LogP contribution < -0.4 is 0 Å². The van der Waals surface area contributed by atoms with Crippen molar-refractivity contribution in [3.63, 3.8) is 0 Å². The minimum absolute atomic E-state index is 0.131. The highest BCUT2D eigenvalue weighted by Crippen LogP contribution is 2.38. The Morgan fingerprint density at radius 1 is 1.29 bits per heavy atom. The number of piperidine rings is 1. The summed E-state index contributed by atoms with van der Waals surface area (Å²) in [5.74, 6) is 0. The van der Waals surface area contributed by atoms with Gasteiger partial charge in [0.1, 0.15) is 0 Å². The fraction of sp³-hybridized carbons (Fsp3) is 1.00. The molecular weight excluding hydrogens is 235 g/mol. The molecule has 0 aromatic carbocycles. The van der Waals surface area contributed by atoms with Crippen LogP contribution in [0.3, 0.4) is 0 Å².